The Kier molecular flexibility index (Phi) is 6.66. The predicted molar refractivity (Wildman–Crippen MR) is 120 cm³/mol. The van der Waals surface area contributed by atoms with Crippen LogP contribution in [-0.2, 0) is 0 Å². The van der Waals surface area contributed by atoms with E-state index in [1.165, 1.54) is 30.4 Å². The number of carbonyl (C=O) groups excluding carboxylic acids is 1. The number of allylic oxidation sites excluding steroid dienone is 6. The summed E-state index contributed by atoms with van der Waals surface area (Å²) in [5, 5.41) is 3.22. The standard InChI is InChI=1S/C26H32N2O/c29-26(24-9-5-2-6-10-24)27-25-13-11-21(12-14-25)15-18-28-19-16-23(17-20-28)22-7-3-1-4-8-22/h1-3,5-6,8-10,16-17,19,21,25H,4,7,11-15,18,20H2,(H,27,29). The highest BCUT2D eigenvalue weighted by Crippen LogP contribution is 2.28. The van der Waals surface area contributed by atoms with E-state index >= 15 is 0 Å². The number of hydrogen-bond donors (Lipinski definition) is 1. The van der Waals surface area contributed by atoms with Crippen LogP contribution in [0.3, 0.4) is 0 Å². The summed E-state index contributed by atoms with van der Waals surface area (Å²) in [6, 6.07) is 9.88. The van der Waals surface area contributed by atoms with Gasteiger partial charge in [0.25, 0.3) is 5.91 Å². The molecular weight excluding hydrogens is 356 g/mol. The highest BCUT2D eigenvalue weighted by atomic mass is 16.1. The SMILES string of the molecule is O=C(NC1CCC(CCN2C=CC(C3=CCC=CC3)=CC2)CC1)c1ccccc1. The third kappa shape index (κ3) is 5.50. The fraction of sp³-hybridized carbons (Fsp3) is 0.423. The molecule has 1 amide bonds. The third-order valence-corrected chi connectivity index (χ3v) is 6.43. The molecule has 29 heavy (non-hydrogen) atoms. The van der Waals surface area contributed by atoms with Crippen LogP contribution in [0.4, 0.5) is 0 Å². The van der Waals surface area contributed by atoms with Gasteiger partial charge in [-0.3, -0.25) is 4.79 Å². The topological polar surface area (TPSA) is 32.3 Å². The Morgan fingerprint density at radius 2 is 1.86 bits per heavy atom. The van der Waals surface area contributed by atoms with E-state index in [1.807, 2.05) is 30.3 Å². The lowest BCUT2D eigenvalue weighted by Gasteiger charge is -2.31. The second-order valence-corrected chi connectivity index (χ2v) is 8.46. The first kappa shape index (κ1) is 19.8. The van der Waals surface area contributed by atoms with Gasteiger partial charge in [0.1, 0.15) is 0 Å². The Morgan fingerprint density at radius 1 is 1.03 bits per heavy atom. The third-order valence-electron chi connectivity index (χ3n) is 6.43. The largest absolute Gasteiger partial charge is 0.374 e. The summed E-state index contributed by atoms with van der Waals surface area (Å²) in [6.07, 6.45) is 21.8. The lowest BCUT2D eigenvalue weighted by Crippen LogP contribution is -2.38. The van der Waals surface area contributed by atoms with Crippen molar-refractivity contribution in [2.45, 2.75) is 51.0 Å². The molecule has 1 aromatic carbocycles. The number of hydrogen-bond acceptors (Lipinski definition) is 2. The van der Waals surface area contributed by atoms with E-state index in [0.29, 0.717) is 6.04 Å². The van der Waals surface area contributed by atoms with E-state index in [2.05, 4.69) is 46.8 Å². The van der Waals surface area contributed by atoms with Crippen molar-refractivity contribution in [3.8, 4) is 0 Å². The van der Waals surface area contributed by atoms with E-state index < -0.39 is 0 Å². The average molecular weight is 389 g/mol. The van der Waals surface area contributed by atoms with E-state index in [0.717, 1.165) is 50.3 Å². The Morgan fingerprint density at radius 3 is 2.55 bits per heavy atom. The molecule has 3 nitrogen and oxygen atoms in total. The van der Waals surface area contributed by atoms with Crippen molar-refractivity contribution in [2.24, 2.45) is 5.92 Å². The fourth-order valence-electron chi connectivity index (χ4n) is 4.57. The van der Waals surface area contributed by atoms with E-state index in [4.69, 9.17) is 0 Å². The van der Waals surface area contributed by atoms with Gasteiger partial charge in [0.2, 0.25) is 0 Å². The van der Waals surface area contributed by atoms with Crippen molar-refractivity contribution in [1.82, 2.24) is 10.2 Å². The van der Waals surface area contributed by atoms with Gasteiger partial charge in [0.05, 0.1) is 0 Å². The van der Waals surface area contributed by atoms with Crippen molar-refractivity contribution in [2.75, 3.05) is 13.1 Å². The molecule has 0 spiro atoms. The molecule has 0 aromatic heterocycles. The first-order valence-electron chi connectivity index (χ1n) is 11.1. The summed E-state index contributed by atoms with van der Waals surface area (Å²) >= 11 is 0. The zero-order chi connectivity index (χ0) is 19.9. The van der Waals surface area contributed by atoms with E-state index in [1.54, 1.807) is 0 Å². The summed E-state index contributed by atoms with van der Waals surface area (Å²) in [6.45, 7) is 2.15. The molecule has 1 aliphatic heterocycles. The molecule has 1 N–H and O–H groups in total. The van der Waals surface area contributed by atoms with E-state index in [-0.39, 0.29) is 5.91 Å². The number of carbonyl (C=O) groups is 1. The van der Waals surface area contributed by atoms with Gasteiger partial charge >= 0.3 is 0 Å². The zero-order valence-electron chi connectivity index (χ0n) is 17.2. The quantitative estimate of drug-likeness (QED) is 0.662. The lowest BCUT2D eigenvalue weighted by molar-refractivity contribution is 0.0920. The lowest BCUT2D eigenvalue weighted by atomic mass is 9.84. The van der Waals surface area contributed by atoms with Gasteiger partial charge in [-0.05, 0) is 86.4 Å². The summed E-state index contributed by atoms with van der Waals surface area (Å²) in [4.78, 5) is 14.8. The minimum Gasteiger partial charge on any atom is -0.374 e. The highest BCUT2D eigenvalue weighted by molar-refractivity contribution is 5.94. The molecule has 152 valence electrons. The van der Waals surface area contributed by atoms with Crippen molar-refractivity contribution >= 4 is 5.91 Å². The molecule has 3 heteroatoms. The molecule has 1 aromatic rings. The number of nitrogens with one attached hydrogen (secondary N) is 1. The maximum Gasteiger partial charge on any atom is 0.251 e. The zero-order valence-corrected chi connectivity index (χ0v) is 17.2. The molecule has 1 saturated carbocycles. The summed E-state index contributed by atoms with van der Waals surface area (Å²) < 4.78 is 0. The molecule has 0 radical (unpaired) electrons. The van der Waals surface area contributed by atoms with Crippen LogP contribution >= 0.6 is 0 Å². The van der Waals surface area contributed by atoms with Crippen LogP contribution in [0, 0.1) is 5.92 Å². The van der Waals surface area contributed by atoms with Gasteiger partial charge in [0.15, 0.2) is 0 Å². The summed E-state index contributed by atoms with van der Waals surface area (Å²) in [7, 11) is 0. The number of benzene rings is 1. The Balaban J connectivity index is 1.16. The second-order valence-electron chi connectivity index (χ2n) is 8.46. The molecular formula is C26H32N2O. The van der Waals surface area contributed by atoms with Crippen LogP contribution in [0.25, 0.3) is 0 Å². The monoisotopic (exact) mass is 388 g/mol. The minimum atomic E-state index is 0.0682. The van der Waals surface area contributed by atoms with Gasteiger partial charge in [0, 0.05) is 24.7 Å². The Hall–Kier alpha value is -2.55. The van der Waals surface area contributed by atoms with Crippen molar-refractivity contribution in [3.63, 3.8) is 0 Å². The van der Waals surface area contributed by atoms with Gasteiger partial charge in [-0.1, -0.05) is 42.5 Å². The first-order valence-corrected chi connectivity index (χ1v) is 11.1. The van der Waals surface area contributed by atoms with Crippen molar-refractivity contribution < 1.29 is 4.79 Å². The molecule has 4 rings (SSSR count). The van der Waals surface area contributed by atoms with Gasteiger partial charge in [-0.15, -0.1) is 0 Å². The molecule has 3 aliphatic rings. The maximum absolute atomic E-state index is 12.3. The smallest absolute Gasteiger partial charge is 0.251 e. The van der Waals surface area contributed by atoms with Gasteiger partial charge < -0.3 is 10.2 Å². The van der Waals surface area contributed by atoms with Crippen molar-refractivity contribution in [3.05, 3.63) is 83.6 Å². The second kappa shape index (κ2) is 9.78. The van der Waals surface area contributed by atoms with Gasteiger partial charge in [-0.25, -0.2) is 0 Å². The molecule has 0 unspecified atom stereocenters. The Labute approximate surface area is 174 Å². The fourth-order valence-corrected chi connectivity index (χ4v) is 4.57. The van der Waals surface area contributed by atoms with Crippen LogP contribution in [-0.4, -0.2) is 29.9 Å². The highest BCUT2D eigenvalue weighted by Gasteiger charge is 2.23. The molecule has 1 heterocycles. The molecule has 2 aliphatic carbocycles. The number of rotatable bonds is 6. The van der Waals surface area contributed by atoms with Crippen LogP contribution in [0.15, 0.2) is 78.1 Å². The predicted octanol–water partition coefficient (Wildman–Crippen LogP) is 5.40. The minimum absolute atomic E-state index is 0.0682. The maximum atomic E-state index is 12.3. The molecule has 0 bridgehead atoms. The summed E-state index contributed by atoms with van der Waals surface area (Å²) in [5.74, 6) is 0.850. The van der Waals surface area contributed by atoms with Crippen LogP contribution in [0.2, 0.25) is 0 Å². The number of amides is 1. The van der Waals surface area contributed by atoms with Crippen LogP contribution in [0.5, 0.6) is 0 Å². The van der Waals surface area contributed by atoms with Crippen LogP contribution in [0.1, 0.15) is 55.3 Å². The molecule has 0 atom stereocenters. The summed E-state index contributed by atoms with van der Waals surface area (Å²) in [5.41, 5.74) is 3.64. The molecule has 0 saturated heterocycles. The molecule has 1 fully saturated rings. The number of nitrogens with zero attached hydrogens (tertiary/aromatic N) is 1. The van der Waals surface area contributed by atoms with Crippen molar-refractivity contribution in [1.29, 1.82) is 0 Å². The van der Waals surface area contributed by atoms with E-state index in [9.17, 15) is 4.79 Å². The Bertz CT molecular complexity index is 810. The first-order chi connectivity index (χ1) is 14.3. The van der Waals surface area contributed by atoms with Crippen LogP contribution < -0.4 is 5.32 Å². The normalized spacial score (nSPS) is 24.1. The average Bonchev–Trinajstić information content (AvgIpc) is 2.80. The van der Waals surface area contributed by atoms with Gasteiger partial charge in [-0.2, -0.15) is 0 Å².